The van der Waals surface area contributed by atoms with Crippen molar-refractivity contribution < 1.29 is 23.8 Å². The molecule has 204 valence electrons. The van der Waals surface area contributed by atoms with Gasteiger partial charge in [0.15, 0.2) is 23.1 Å². The summed E-state index contributed by atoms with van der Waals surface area (Å²) in [6, 6.07) is 3.95. The summed E-state index contributed by atoms with van der Waals surface area (Å²) >= 11 is 2.22. The second-order valence-corrected chi connectivity index (χ2v) is 13.1. The third-order valence-electron chi connectivity index (χ3n) is 7.51. The molecule has 0 aromatic heterocycles. The molecule has 6 nitrogen and oxygen atoms in total. The third-order valence-corrected chi connectivity index (χ3v) is 8.31. The third kappa shape index (κ3) is 5.53. The van der Waals surface area contributed by atoms with E-state index in [0.717, 1.165) is 44.5 Å². The highest BCUT2D eigenvalue weighted by molar-refractivity contribution is 14.1. The Hall–Kier alpha value is -2.31. The van der Waals surface area contributed by atoms with Gasteiger partial charge in [0.1, 0.15) is 6.61 Å². The average Bonchev–Trinajstić information content (AvgIpc) is 2.80. The highest BCUT2D eigenvalue weighted by Crippen LogP contribution is 2.55. The number of terminal acetylenes is 1. The topological polar surface area (TPSA) is 65.1 Å². The van der Waals surface area contributed by atoms with Crippen molar-refractivity contribution in [3.8, 4) is 23.8 Å². The summed E-state index contributed by atoms with van der Waals surface area (Å²) in [7, 11) is 1.68. The van der Waals surface area contributed by atoms with Crippen LogP contribution in [0, 0.1) is 26.7 Å². The monoisotopic (exact) mass is 631 g/mol. The van der Waals surface area contributed by atoms with Gasteiger partial charge in [0, 0.05) is 55.0 Å². The number of hydrogen-bond donors (Lipinski definition) is 0. The first kappa shape index (κ1) is 28.7. The van der Waals surface area contributed by atoms with Gasteiger partial charge in [0.05, 0.1) is 16.8 Å². The normalized spacial score (nSPS) is 20.7. The van der Waals surface area contributed by atoms with Crippen LogP contribution in [0.1, 0.15) is 71.8 Å². The molecular formula is C31H38INO5. The number of ether oxygens (including phenoxy) is 3. The Labute approximate surface area is 240 Å². The van der Waals surface area contributed by atoms with Crippen molar-refractivity contribution in [2.45, 2.75) is 66.2 Å². The van der Waals surface area contributed by atoms with Crippen LogP contribution in [-0.2, 0) is 14.3 Å². The van der Waals surface area contributed by atoms with Crippen molar-refractivity contribution in [3.63, 3.8) is 0 Å². The van der Waals surface area contributed by atoms with Crippen molar-refractivity contribution >= 4 is 34.2 Å². The van der Waals surface area contributed by atoms with Gasteiger partial charge in [-0.2, -0.15) is 0 Å². The lowest BCUT2D eigenvalue weighted by Crippen LogP contribution is -2.45. The molecule has 0 saturated carbocycles. The summed E-state index contributed by atoms with van der Waals surface area (Å²) in [6.07, 6.45) is 7.86. The standard InChI is InChI=1S/C31H38INO5/c1-8-11-38-29-20(32)13-19(14-25(29)37-9-2)26-27-21(15-30(3,4)17-23(27)34)33(10-12-36-7)22-16-31(5,6)18-24(35)28(22)26/h1,13-14,26H,9-12,15-18H2,2-7H3. The highest BCUT2D eigenvalue weighted by Gasteiger charge is 2.49. The number of Topliss-reactive ketones (excluding diaryl/α,β-unsaturated/α-hetero) is 2. The molecule has 3 aliphatic rings. The van der Waals surface area contributed by atoms with E-state index in [0.29, 0.717) is 44.1 Å². The molecule has 0 radical (unpaired) electrons. The second-order valence-electron chi connectivity index (χ2n) is 11.9. The van der Waals surface area contributed by atoms with Gasteiger partial charge in [0.2, 0.25) is 0 Å². The molecule has 1 aromatic carbocycles. The molecule has 1 heterocycles. The predicted octanol–water partition coefficient (Wildman–Crippen LogP) is 6.03. The fourth-order valence-corrected chi connectivity index (χ4v) is 6.89. The summed E-state index contributed by atoms with van der Waals surface area (Å²) in [4.78, 5) is 30.1. The molecule has 38 heavy (non-hydrogen) atoms. The molecule has 0 fully saturated rings. The van der Waals surface area contributed by atoms with Gasteiger partial charge in [-0.3, -0.25) is 9.59 Å². The number of carbonyl (C=O) groups is 2. The molecule has 7 heteroatoms. The molecule has 0 atom stereocenters. The van der Waals surface area contributed by atoms with Crippen LogP contribution in [0.3, 0.4) is 0 Å². The Balaban J connectivity index is 1.99. The van der Waals surface area contributed by atoms with Crippen LogP contribution in [-0.4, -0.2) is 49.9 Å². The molecule has 0 N–H and O–H groups in total. The van der Waals surface area contributed by atoms with E-state index in [1.807, 2.05) is 19.1 Å². The van der Waals surface area contributed by atoms with Crippen LogP contribution in [0.25, 0.3) is 0 Å². The minimum atomic E-state index is -0.444. The lowest BCUT2D eigenvalue weighted by atomic mass is 9.63. The molecule has 0 unspecified atom stereocenters. The number of carbonyl (C=O) groups excluding carboxylic acids is 2. The Morgan fingerprint density at radius 3 is 2.08 bits per heavy atom. The van der Waals surface area contributed by atoms with Crippen LogP contribution >= 0.6 is 22.6 Å². The number of hydrogen-bond acceptors (Lipinski definition) is 6. The lowest BCUT2D eigenvalue weighted by molar-refractivity contribution is -0.119. The van der Waals surface area contributed by atoms with Crippen LogP contribution in [0.15, 0.2) is 34.7 Å². The number of ketones is 2. The minimum Gasteiger partial charge on any atom is -0.490 e. The first-order valence-electron chi connectivity index (χ1n) is 13.2. The van der Waals surface area contributed by atoms with E-state index < -0.39 is 5.92 Å². The van der Waals surface area contributed by atoms with Gasteiger partial charge in [-0.25, -0.2) is 0 Å². The zero-order chi connectivity index (χ0) is 27.8. The van der Waals surface area contributed by atoms with E-state index in [9.17, 15) is 9.59 Å². The summed E-state index contributed by atoms with van der Waals surface area (Å²) in [5.41, 5.74) is 4.06. The molecule has 1 aliphatic heterocycles. The first-order valence-corrected chi connectivity index (χ1v) is 14.3. The summed E-state index contributed by atoms with van der Waals surface area (Å²) in [6.45, 7) is 12.2. The van der Waals surface area contributed by atoms with Gasteiger partial charge < -0.3 is 19.1 Å². The maximum absolute atomic E-state index is 13.9. The molecular weight excluding hydrogens is 593 g/mol. The van der Waals surface area contributed by atoms with E-state index in [4.69, 9.17) is 20.6 Å². The average molecular weight is 632 g/mol. The Bertz CT molecular complexity index is 1200. The smallest absolute Gasteiger partial charge is 0.175 e. The fourth-order valence-electron chi connectivity index (χ4n) is 6.11. The fraction of sp³-hybridized carbons (Fsp3) is 0.548. The van der Waals surface area contributed by atoms with Crippen molar-refractivity contribution in [1.82, 2.24) is 4.90 Å². The number of nitrogens with zero attached hydrogens (tertiary/aromatic N) is 1. The zero-order valence-electron chi connectivity index (χ0n) is 23.3. The zero-order valence-corrected chi connectivity index (χ0v) is 25.5. The van der Waals surface area contributed by atoms with Crippen LogP contribution in [0.4, 0.5) is 0 Å². The molecule has 2 aliphatic carbocycles. The van der Waals surface area contributed by atoms with E-state index >= 15 is 0 Å². The number of halogens is 1. The molecule has 0 bridgehead atoms. The minimum absolute atomic E-state index is 0.105. The summed E-state index contributed by atoms with van der Waals surface area (Å²) in [5.74, 6) is 3.44. The number of allylic oxidation sites excluding steroid dienone is 4. The lowest BCUT2D eigenvalue weighted by Gasteiger charge is -2.49. The van der Waals surface area contributed by atoms with E-state index in [1.165, 1.54) is 0 Å². The molecule has 0 amide bonds. The number of methoxy groups -OCH3 is 1. The van der Waals surface area contributed by atoms with Crippen LogP contribution < -0.4 is 9.47 Å². The first-order chi connectivity index (χ1) is 17.9. The quantitative estimate of drug-likeness (QED) is 0.258. The van der Waals surface area contributed by atoms with E-state index in [1.54, 1.807) is 7.11 Å². The molecule has 0 spiro atoms. The van der Waals surface area contributed by atoms with Gasteiger partial charge in [-0.15, -0.1) is 6.42 Å². The van der Waals surface area contributed by atoms with Crippen LogP contribution in [0.2, 0.25) is 0 Å². The number of benzene rings is 1. The van der Waals surface area contributed by atoms with Crippen molar-refractivity contribution in [2.75, 3.05) is 33.5 Å². The van der Waals surface area contributed by atoms with Gasteiger partial charge >= 0.3 is 0 Å². The Morgan fingerprint density at radius 1 is 1.00 bits per heavy atom. The maximum atomic E-state index is 13.9. The predicted molar refractivity (Wildman–Crippen MR) is 156 cm³/mol. The molecule has 0 saturated heterocycles. The largest absolute Gasteiger partial charge is 0.490 e. The van der Waals surface area contributed by atoms with E-state index in [-0.39, 0.29) is 29.0 Å². The van der Waals surface area contributed by atoms with Crippen molar-refractivity contribution in [1.29, 1.82) is 0 Å². The highest BCUT2D eigenvalue weighted by atomic mass is 127. The van der Waals surface area contributed by atoms with Gasteiger partial charge in [0.25, 0.3) is 0 Å². The van der Waals surface area contributed by atoms with E-state index in [2.05, 4.69) is 61.1 Å². The van der Waals surface area contributed by atoms with Gasteiger partial charge in [-0.05, 0) is 70.9 Å². The maximum Gasteiger partial charge on any atom is 0.175 e. The second kappa shape index (κ2) is 11.1. The van der Waals surface area contributed by atoms with Crippen LogP contribution in [0.5, 0.6) is 11.5 Å². The summed E-state index contributed by atoms with van der Waals surface area (Å²) < 4.78 is 18.1. The number of rotatable bonds is 8. The summed E-state index contributed by atoms with van der Waals surface area (Å²) in [5, 5.41) is 0. The van der Waals surface area contributed by atoms with Gasteiger partial charge in [-0.1, -0.05) is 33.6 Å². The molecule has 1 aromatic rings. The SMILES string of the molecule is C#CCOc1c(I)cc(C2C3=C(CC(C)(C)CC3=O)N(CCOC)C3=C2C(=O)CC(C)(C)C3)cc1OCC. The van der Waals surface area contributed by atoms with Crippen molar-refractivity contribution in [3.05, 3.63) is 43.8 Å². The Kier molecular flexibility index (Phi) is 8.34. The Morgan fingerprint density at radius 2 is 1.58 bits per heavy atom. The van der Waals surface area contributed by atoms with Crippen molar-refractivity contribution in [2.24, 2.45) is 10.8 Å². The molecule has 4 rings (SSSR count).